The number of nitrogens with zero attached hydrogens (tertiary/aromatic N) is 2. The van der Waals surface area contributed by atoms with E-state index in [0.29, 0.717) is 0 Å². The number of imidazole rings is 1. The summed E-state index contributed by atoms with van der Waals surface area (Å²) in [5, 5.41) is 3.66. The Balaban J connectivity index is 2.06. The van der Waals surface area contributed by atoms with Crippen LogP contribution in [-0.4, -0.2) is 14.4 Å². The van der Waals surface area contributed by atoms with E-state index in [1.165, 1.54) is 32.8 Å². The topological polar surface area (TPSA) is 33.1 Å². The Hall–Kier alpha value is -3.33. The maximum Gasteiger partial charge on any atom is 0.148 e. The summed E-state index contributed by atoms with van der Waals surface area (Å²) in [4.78, 5) is 8.62. The minimum Gasteiger partial charge on any atom is -0.354 e. The van der Waals surface area contributed by atoms with E-state index in [1.54, 1.807) is 0 Å². The third kappa shape index (κ3) is 1.57. The molecular weight excluding hydrogens is 306 g/mol. The maximum atomic E-state index is 4.99. The third-order valence-corrected chi connectivity index (χ3v) is 5.15. The van der Waals surface area contributed by atoms with Gasteiger partial charge in [-0.2, -0.15) is 0 Å². The minimum absolute atomic E-state index is 1.02. The van der Waals surface area contributed by atoms with Gasteiger partial charge >= 0.3 is 0 Å². The fraction of sp³-hybridized carbons (Fsp3) is 0.0455. The second-order valence-electron chi connectivity index (χ2n) is 6.70. The number of hydrogen-bond donors (Lipinski definition) is 1. The first kappa shape index (κ1) is 13.0. The van der Waals surface area contributed by atoms with Gasteiger partial charge in [0.2, 0.25) is 0 Å². The monoisotopic (exact) mass is 321 g/mol. The number of H-pyrrole nitrogens is 1. The molecule has 0 aliphatic rings. The van der Waals surface area contributed by atoms with Crippen molar-refractivity contribution in [3.63, 3.8) is 0 Å². The third-order valence-electron chi connectivity index (χ3n) is 5.15. The van der Waals surface area contributed by atoms with Crippen LogP contribution in [0.3, 0.4) is 0 Å². The van der Waals surface area contributed by atoms with Gasteiger partial charge in [0, 0.05) is 16.3 Å². The van der Waals surface area contributed by atoms with Gasteiger partial charge in [0.05, 0.1) is 27.5 Å². The molecule has 1 N–H and O–H groups in total. The molecule has 25 heavy (non-hydrogen) atoms. The summed E-state index contributed by atoms with van der Waals surface area (Å²) in [7, 11) is 0. The molecule has 6 rings (SSSR count). The molecule has 0 bridgehead atoms. The highest BCUT2D eigenvalue weighted by Crippen LogP contribution is 2.36. The molecule has 0 saturated carbocycles. The number of aryl methyl sites for hydroxylation is 1. The van der Waals surface area contributed by atoms with E-state index in [0.717, 1.165) is 22.2 Å². The van der Waals surface area contributed by atoms with Crippen molar-refractivity contribution >= 4 is 49.4 Å². The molecule has 0 saturated heterocycles. The summed E-state index contributed by atoms with van der Waals surface area (Å²) in [6, 6.07) is 23.5. The first-order valence-electron chi connectivity index (χ1n) is 8.51. The molecule has 0 unspecified atom stereocenters. The van der Waals surface area contributed by atoms with E-state index in [-0.39, 0.29) is 0 Å². The normalized spacial score (nSPS) is 12.2. The number of benzene rings is 3. The summed E-state index contributed by atoms with van der Waals surface area (Å²) < 4.78 is 2.29. The van der Waals surface area contributed by atoms with Gasteiger partial charge < -0.3 is 4.98 Å². The van der Waals surface area contributed by atoms with Crippen LogP contribution in [0.5, 0.6) is 0 Å². The zero-order valence-electron chi connectivity index (χ0n) is 13.7. The molecule has 0 fully saturated rings. The average Bonchev–Trinajstić information content (AvgIpc) is 3.20. The zero-order valence-corrected chi connectivity index (χ0v) is 13.7. The average molecular weight is 321 g/mol. The van der Waals surface area contributed by atoms with Crippen LogP contribution in [0.25, 0.3) is 49.4 Å². The Labute approximate surface area is 143 Å². The lowest BCUT2D eigenvalue weighted by molar-refractivity contribution is 1.31. The maximum absolute atomic E-state index is 4.99. The van der Waals surface area contributed by atoms with Crippen molar-refractivity contribution in [1.29, 1.82) is 0 Å². The Morgan fingerprint density at radius 3 is 2.56 bits per heavy atom. The van der Waals surface area contributed by atoms with Crippen LogP contribution in [0.15, 0.2) is 66.7 Å². The summed E-state index contributed by atoms with van der Waals surface area (Å²) in [6.45, 7) is 2.14. The smallest absolute Gasteiger partial charge is 0.148 e. The van der Waals surface area contributed by atoms with Crippen LogP contribution < -0.4 is 0 Å². The van der Waals surface area contributed by atoms with Crippen LogP contribution in [-0.2, 0) is 0 Å². The number of aromatic amines is 1. The summed E-state index contributed by atoms with van der Waals surface area (Å²) >= 11 is 0. The van der Waals surface area contributed by atoms with Crippen LogP contribution in [0.2, 0.25) is 0 Å². The highest BCUT2D eigenvalue weighted by atomic mass is 15.0. The second kappa shape index (κ2) is 4.39. The van der Waals surface area contributed by atoms with Crippen molar-refractivity contribution in [2.24, 2.45) is 0 Å². The molecule has 118 valence electrons. The Morgan fingerprint density at radius 1 is 0.840 bits per heavy atom. The van der Waals surface area contributed by atoms with Gasteiger partial charge in [0.25, 0.3) is 0 Å². The molecule has 3 aromatic heterocycles. The highest BCUT2D eigenvalue weighted by molar-refractivity contribution is 6.23. The molecule has 3 nitrogen and oxygen atoms in total. The van der Waals surface area contributed by atoms with Crippen molar-refractivity contribution in [3.8, 4) is 0 Å². The largest absolute Gasteiger partial charge is 0.354 e. The van der Waals surface area contributed by atoms with Crippen molar-refractivity contribution in [3.05, 3.63) is 72.3 Å². The van der Waals surface area contributed by atoms with Crippen molar-refractivity contribution in [1.82, 2.24) is 14.4 Å². The van der Waals surface area contributed by atoms with Gasteiger partial charge in [0.1, 0.15) is 5.65 Å². The summed E-state index contributed by atoms with van der Waals surface area (Å²) in [5.41, 5.74) is 7.97. The van der Waals surface area contributed by atoms with Crippen LogP contribution in [0.1, 0.15) is 5.56 Å². The fourth-order valence-corrected chi connectivity index (χ4v) is 4.06. The highest BCUT2D eigenvalue weighted by Gasteiger charge is 2.17. The van der Waals surface area contributed by atoms with Crippen molar-refractivity contribution in [2.75, 3.05) is 0 Å². The lowest BCUT2D eigenvalue weighted by Gasteiger charge is -2.06. The van der Waals surface area contributed by atoms with Crippen LogP contribution >= 0.6 is 0 Å². The van der Waals surface area contributed by atoms with Gasteiger partial charge in [0.15, 0.2) is 0 Å². The molecule has 0 aliphatic carbocycles. The van der Waals surface area contributed by atoms with Crippen molar-refractivity contribution in [2.45, 2.75) is 6.92 Å². The van der Waals surface area contributed by atoms with Crippen molar-refractivity contribution < 1.29 is 0 Å². The number of pyridine rings is 1. The fourth-order valence-electron chi connectivity index (χ4n) is 4.06. The van der Waals surface area contributed by atoms with Gasteiger partial charge in [-0.15, -0.1) is 0 Å². The Morgan fingerprint density at radius 2 is 1.64 bits per heavy atom. The molecule has 0 aliphatic heterocycles. The number of hydrogen-bond acceptors (Lipinski definition) is 1. The second-order valence-corrected chi connectivity index (χ2v) is 6.70. The quantitative estimate of drug-likeness (QED) is 0.389. The number of para-hydroxylation sites is 3. The van der Waals surface area contributed by atoms with Gasteiger partial charge in [-0.3, -0.25) is 4.40 Å². The lowest BCUT2D eigenvalue weighted by Crippen LogP contribution is -1.90. The minimum atomic E-state index is 1.02. The Bertz CT molecular complexity index is 1450. The first-order chi connectivity index (χ1) is 12.3. The molecule has 0 spiro atoms. The van der Waals surface area contributed by atoms with E-state index in [9.17, 15) is 0 Å². The Kier molecular flexibility index (Phi) is 2.29. The van der Waals surface area contributed by atoms with E-state index in [1.807, 2.05) is 6.07 Å². The molecule has 0 amide bonds. The molecule has 0 atom stereocenters. The van der Waals surface area contributed by atoms with E-state index in [4.69, 9.17) is 4.98 Å². The van der Waals surface area contributed by atoms with Gasteiger partial charge in [-0.25, -0.2) is 4.98 Å². The van der Waals surface area contributed by atoms with E-state index < -0.39 is 0 Å². The number of fused-ring (bicyclic) bond motifs is 10. The SMILES string of the molecule is Cc1ccc2[nH]c3c4ccccc4n4c5ccccc5nc4c3c2c1. The number of nitrogens with one attached hydrogen (secondary N) is 1. The predicted octanol–water partition coefficient (Wildman–Crippen LogP) is 5.58. The van der Waals surface area contributed by atoms with Gasteiger partial charge in [-0.1, -0.05) is 42.0 Å². The molecular formula is C22H15N3. The molecule has 6 aromatic rings. The van der Waals surface area contributed by atoms with Crippen LogP contribution in [0, 0.1) is 6.92 Å². The zero-order chi connectivity index (χ0) is 16.5. The molecule has 3 heteroatoms. The molecule has 0 radical (unpaired) electrons. The summed E-state index contributed by atoms with van der Waals surface area (Å²) in [6.07, 6.45) is 0. The number of rotatable bonds is 0. The van der Waals surface area contributed by atoms with E-state index >= 15 is 0 Å². The van der Waals surface area contributed by atoms with Crippen LogP contribution in [0.4, 0.5) is 0 Å². The number of aromatic nitrogens is 3. The molecule has 3 heterocycles. The lowest BCUT2D eigenvalue weighted by atomic mass is 10.1. The molecule has 3 aromatic carbocycles. The standard InChI is InChI=1S/C22H15N3/c1-13-10-11-16-15(12-13)20-21(23-16)14-6-2-4-8-18(14)25-19-9-5-3-7-17(19)24-22(20)25/h2-12,23H,1H3. The first-order valence-corrected chi connectivity index (χ1v) is 8.51. The predicted molar refractivity (Wildman–Crippen MR) is 104 cm³/mol. The van der Waals surface area contributed by atoms with E-state index in [2.05, 4.69) is 77.0 Å². The summed E-state index contributed by atoms with van der Waals surface area (Å²) in [5.74, 6) is 0. The van der Waals surface area contributed by atoms with Gasteiger partial charge in [-0.05, 0) is 37.3 Å².